The third-order valence-corrected chi connectivity index (χ3v) is 4.16. The van der Waals surface area contributed by atoms with E-state index >= 15 is 0 Å². The van der Waals surface area contributed by atoms with Crippen molar-refractivity contribution in [1.29, 1.82) is 0 Å². The van der Waals surface area contributed by atoms with Crippen LogP contribution < -0.4 is 11.1 Å². The highest BCUT2D eigenvalue weighted by Crippen LogP contribution is 2.23. The van der Waals surface area contributed by atoms with Gasteiger partial charge in [0.2, 0.25) is 5.91 Å². The zero-order valence-corrected chi connectivity index (χ0v) is 14.4. The Hall–Kier alpha value is -1.89. The number of hydrogen-bond acceptors (Lipinski definition) is 4. The summed E-state index contributed by atoms with van der Waals surface area (Å²) in [5, 5.41) is 4.89. The Morgan fingerprint density at radius 2 is 2.13 bits per heavy atom. The van der Waals surface area contributed by atoms with Crippen LogP contribution in [0.5, 0.6) is 0 Å². The maximum absolute atomic E-state index is 11.8. The van der Waals surface area contributed by atoms with Gasteiger partial charge < -0.3 is 11.1 Å². The van der Waals surface area contributed by atoms with Crippen LogP contribution in [0.3, 0.4) is 0 Å². The van der Waals surface area contributed by atoms with Gasteiger partial charge in [0.1, 0.15) is 0 Å². The molecule has 0 aliphatic heterocycles. The first kappa shape index (κ1) is 17.5. The molecular weight excluding hydrogens is 332 g/mol. The Labute approximate surface area is 144 Å². The van der Waals surface area contributed by atoms with Gasteiger partial charge in [-0.05, 0) is 25.5 Å². The number of carbonyl (C=O) groups excluding carboxylic acids is 1. The first-order valence-corrected chi connectivity index (χ1v) is 8.08. The molecule has 1 aromatic carbocycles. The lowest BCUT2D eigenvalue weighted by Crippen LogP contribution is -2.19. The number of amides is 1. The normalized spacial score (nSPS) is 11.9. The number of thiazole rings is 1. The van der Waals surface area contributed by atoms with E-state index in [2.05, 4.69) is 10.3 Å². The van der Waals surface area contributed by atoms with Crippen LogP contribution in [0.25, 0.3) is 16.2 Å². The smallest absolute Gasteiger partial charge is 0.224 e. The fourth-order valence-corrected chi connectivity index (χ4v) is 2.87. The lowest BCUT2D eigenvalue weighted by atomic mass is 10.1. The molecule has 0 spiro atoms. The quantitative estimate of drug-likeness (QED) is 0.739. The minimum Gasteiger partial charge on any atom is -0.328 e. The van der Waals surface area contributed by atoms with Gasteiger partial charge in [0.25, 0.3) is 0 Å². The van der Waals surface area contributed by atoms with Gasteiger partial charge in [0.05, 0.1) is 5.69 Å². The number of fused-ring (bicyclic) bond motifs is 1. The van der Waals surface area contributed by atoms with Gasteiger partial charge in [0, 0.05) is 41.5 Å². The second-order valence-corrected chi connectivity index (χ2v) is 6.23. The van der Waals surface area contributed by atoms with Gasteiger partial charge in [0.15, 0.2) is 4.96 Å². The van der Waals surface area contributed by atoms with E-state index in [9.17, 15) is 4.79 Å². The average Bonchev–Trinajstić information content (AvgIpc) is 3.07. The zero-order chi connectivity index (χ0) is 15.5. The van der Waals surface area contributed by atoms with Crippen molar-refractivity contribution in [2.75, 3.05) is 5.32 Å². The van der Waals surface area contributed by atoms with Crippen LogP contribution in [-0.2, 0) is 4.79 Å². The molecule has 7 heteroatoms. The van der Waals surface area contributed by atoms with E-state index in [4.69, 9.17) is 5.73 Å². The van der Waals surface area contributed by atoms with Crippen LogP contribution >= 0.6 is 23.7 Å². The van der Waals surface area contributed by atoms with Crippen molar-refractivity contribution in [3.8, 4) is 11.3 Å². The van der Waals surface area contributed by atoms with Crippen molar-refractivity contribution < 1.29 is 4.79 Å². The SMILES string of the molecule is CC(N)CCC(=O)Nc1ccc(-c2cn3ccsc3n2)cc1.Cl. The largest absolute Gasteiger partial charge is 0.328 e. The molecule has 23 heavy (non-hydrogen) atoms. The fourth-order valence-electron chi connectivity index (χ4n) is 2.17. The number of hydrogen-bond donors (Lipinski definition) is 2. The summed E-state index contributed by atoms with van der Waals surface area (Å²) in [6, 6.07) is 7.77. The molecule has 0 bridgehead atoms. The Kier molecular flexibility index (Phi) is 5.76. The van der Waals surface area contributed by atoms with Gasteiger partial charge in [-0.2, -0.15) is 0 Å². The monoisotopic (exact) mass is 350 g/mol. The van der Waals surface area contributed by atoms with Gasteiger partial charge in [-0.15, -0.1) is 23.7 Å². The predicted molar refractivity (Wildman–Crippen MR) is 97.3 cm³/mol. The molecule has 0 fully saturated rings. The van der Waals surface area contributed by atoms with Crippen LogP contribution in [0.1, 0.15) is 19.8 Å². The molecule has 5 nitrogen and oxygen atoms in total. The number of nitrogens with zero attached hydrogens (tertiary/aromatic N) is 2. The van der Waals surface area contributed by atoms with E-state index in [1.807, 2.05) is 53.4 Å². The number of aromatic nitrogens is 2. The molecular formula is C16H19ClN4OS. The minimum atomic E-state index is -0.00689. The molecule has 0 aliphatic rings. The Morgan fingerprint density at radius 3 is 2.78 bits per heavy atom. The summed E-state index contributed by atoms with van der Waals surface area (Å²) in [5.74, 6) is -0.00689. The van der Waals surface area contributed by atoms with Gasteiger partial charge in [-0.25, -0.2) is 4.98 Å². The highest BCUT2D eigenvalue weighted by Gasteiger charge is 2.07. The van der Waals surface area contributed by atoms with Crippen LogP contribution in [0, 0.1) is 0 Å². The minimum absolute atomic E-state index is 0. The molecule has 1 atom stereocenters. The Bertz CT molecular complexity index is 750. The molecule has 1 amide bonds. The van der Waals surface area contributed by atoms with Crippen LogP contribution in [-0.4, -0.2) is 21.3 Å². The van der Waals surface area contributed by atoms with Gasteiger partial charge >= 0.3 is 0 Å². The standard InChI is InChI=1S/C16H18N4OS.ClH/c1-11(17)2-7-15(21)18-13-5-3-12(4-6-13)14-10-20-8-9-22-16(20)19-14;/h3-6,8-11H,2,7,17H2,1H3,(H,18,21);1H. The van der Waals surface area contributed by atoms with E-state index in [0.29, 0.717) is 12.8 Å². The third-order valence-electron chi connectivity index (χ3n) is 3.38. The first-order chi connectivity index (χ1) is 10.6. The van der Waals surface area contributed by atoms with Crippen molar-refractivity contribution >= 4 is 40.3 Å². The molecule has 0 aliphatic carbocycles. The van der Waals surface area contributed by atoms with Crippen molar-refractivity contribution in [2.45, 2.75) is 25.8 Å². The first-order valence-electron chi connectivity index (χ1n) is 7.20. The highest BCUT2D eigenvalue weighted by atomic mass is 35.5. The molecule has 3 aromatic rings. The van der Waals surface area contributed by atoms with E-state index in [1.54, 1.807) is 11.3 Å². The number of halogens is 1. The van der Waals surface area contributed by atoms with Crippen molar-refractivity contribution in [2.24, 2.45) is 5.73 Å². The summed E-state index contributed by atoms with van der Waals surface area (Å²) in [4.78, 5) is 17.3. The number of carbonyl (C=O) groups is 1. The average molecular weight is 351 g/mol. The van der Waals surface area contributed by atoms with Crippen molar-refractivity contribution in [3.05, 3.63) is 42.0 Å². The number of imidazole rings is 1. The molecule has 1 unspecified atom stereocenters. The molecule has 3 rings (SSSR count). The van der Waals surface area contributed by atoms with Crippen LogP contribution in [0.2, 0.25) is 0 Å². The number of anilines is 1. The van der Waals surface area contributed by atoms with E-state index < -0.39 is 0 Å². The molecule has 122 valence electrons. The lowest BCUT2D eigenvalue weighted by molar-refractivity contribution is -0.116. The summed E-state index contributed by atoms with van der Waals surface area (Å²) < 4.78 is 2.00. The molecule has 0 saturated heterocycles. The lowest BCUT2D eigenvalue weighted by Gasteiger charge is -2.07. The maximum atomic E-state index is 11.8. The number of nitrogens with two attached hydrogens (primary N) is 1. The number of nitrogens with one attached hydrogen (secondary N) is 1. The highest BCUT2D eigenvalue weighted by molar-refractivity contribution is 7.15. The third kappa shape index (κ3) is 4.31. The summed E-state index contributed by atoms with van der Waals surface area (Å²) in [7, 11) is 0. The molecule has 3 N–H and O–H groups in total. The molecule has 0 radical (unpaired) electrons. The predicted octanol–water partition coefficient (Wildman–Crippen LogP) is 3.55. The van der Waals surface area contributed by atoms with Gasteiger partial charge in [-0.3, -0.25) is 9.20 Å². The topological polar surface area (TPSA) is 72.4 Å². The molecule has 0 saturated carbocycles. The van der Waals surface area contributed by atoms with Crippen molar-refractivity contribution in [1.82, 2.24) is 9.38 Å². The van der Waals surface area contributed by atoms with Crippen molar-refractivity contribution in [3.63, 3.8) is 0 Å². The Morgan fingerprint density at radius 1 is 1.39 bits per heavy atom. The second-order valence-electron chi connectivity index (χ2n) is 5.36. The Balaban J connectivity index is 0.00000192. The zero-order valence-electron chi connectivity index (χ0n) is 12.7. The summed E-state index contributed by atoms with van der Waals surface area (Å²) >= 11 is 1.61. The van der Waals surface area contributed by atoms with E-state index in [1.165, 1.54) is 0 Å². The summed E-state index contributed by atoms with van der Waals surface area (Å²) in [6.45, 7) is 1.90. The van der Waals surface area contributed by atoms with E-state index in [0.717, 1.165) is 21.9 Å². The summed E-state index contributed by atoms with van der Waals surface area (Å²) in [6.07, 6.45) is 5.12. The second kappa shape index (κ2) is 7.59. The van der Waals surface area contributed by atoms with Gasteiger partial charge in [-0.1, -0.05) is 12.1 Å². The van der Waals surface area contributed by atoms with Crippen LogP contribution in [0.15, 0.2) is 42.0 Å². The number of benzene rings is 1. The van der Waals surface area contributed by atoms with E-state index in [-0.39, 0.29) is 24.4 Å². The fraction of sp³-hybridized carbons (Fsp3) is 0.250. The van der Waals surface area contributed by atoms with Crippen LogP contribution in [0.4, 0.5) is 5.69 Å². The maximum Gasteiger partial charge on any atom is 0.224 e. The molecule has 2 aromatic heterocycles. The molecule has 2 heterocycles. The number of rotatable bonds is 5. The summed E-state index contributed by atoms with van der Waals surface area (Å²) in [5.41, 5.74) is 8.41.